The average Bonchev–Trinajstić information content (AvgIpc) is 2.45. The molecule has 1 saturated heterocycles. The minimum atomic E-state index is 0.392. The van der Waals surface area contributed by atoms with Crippen LogP contribution in [0.4, 0.5) is 5.82 Å². The summed E-state index contributed by atoms with van der Waals surface area (Å²) in [5.41, 5.74) is 0. The first-order valence-electron chi connectivity index (χ1n) is 6.49. The molecule has 0 bridgehead atoms. The number of hydrogen-bond donors (Lipinski definition) is 0. The molecule has 5 heteroatoms. The Bertz CT molecular complexity index is 367. The summed E-state index contributed by atoms with van der Waals surface area (Å²) < 4.78 is 10.9. The van der Waals surface area contributed by atoms with Gasteiger partial charge in [-0.25, -0.2) is 9.97 Å². The summed E-state index contributed by atoms with van der Waals surface area (Å²) in [5, 5.41) is 0. The molecule has 5 nitrogen and oxygen atoms in total. The van der Waals surface area contributed by atoms with E-state index in [9.17, 15) is 0 Å². The van der Waals surface area contributed by atoms with E-state index in [0.717, 1.165) is 25.4 Å². The standard InChI is InChI=1S/C13H21N3O2/c1-16(9-6-11-5-3-4-10-18-11)12-13(17-2)15-8-7-14-12/h7-8,11H,3-6,9-10H2,1-2H3. The van der Waals surface area contributed by atoms with Gasteiger partial charge in [-0.3, -0.25) is 0 Å². The van der Waals surface area contributed by atoms with Gasteiger partial charge in [0.1, 0.15) is 0 Å². The predicted octanol–water partition coefficient (Wildman–Crippen LogP) is 1.88. The molecule has 2 rings (SSSR count). The lowest BCUT2D eigenvalue weighted by atomic mass is 10.1. The molecular formula is C13H21N3O2. The van der Waals surface area contributed by atoms with Gasteiger partial charge < -0.3 is 14.4 Å². The lowest BCUT2D eigenvalue weighted by Gasteiger charge is -2.25. The fourth-order valence-electron chi connectivity index (χ4n) is 2.20. The highest BCUT2D eigenvalue weighted by Gasteiger charge is 2.16. The van der Waals surface area contributed by atoms with Crippen LogP contribution in [0.1, 0.15) is 25.7 Å². The Labute approximate surface area is 108 Å². The van der Waals surface area contributed by atoms with Crippen molar-refractivity contribution in [1.82, 2.24) is 9.97 Å². The van der Waals surface area contributed by atoms with Crippen LogP contribution in [-0.4, -0.2) is 43.4 Å². The summed E-state index contributed by atoms with van der Waals surface area (Å²) in [4.78, 5) is 10.5. The minimum Gasteiger partial charge on any atom is -0.478 e. The second-order valence-corrected chi connectivity index (χ2v) is 4.59. The van der Waals surface area contributed by atoms with E-state index >= 15 is 0 Å². The van der Waals surface area contributed by atoms with Gasteiger partial charge in [-0.15, -0.1) is 0 Å². The van der Waals surface area contributed by atoms with Gasteiger partial charge in [-0.1, -0.05) is 0 Å². The van der Waals surface area contributed by atoms with Gasteiger partial charge in [0.15, 0.2) is 5.82 Å². The fraction of sp³-hybridized carbons (Fsp3) is 0.692. The molecule has 2 heterocycles. The van der Waals surface area contributed by atoms with Crippen molar-refractivity contribution in [2.75, 3.05) is 32.2 Å². The summed E-state index contributed by atoms with van der Waals surface area (Å²) in [7, 11) is 3.63. The van der Waals surface area contributed by atoms with Crippen LogP contribution in [0.5, 0.6) is 5.88 Å². The second-order valence-electron chi connectivity index (χ2n) is 4.59. The molecule has 0 saturated carbocycles. The normalized spacial score (nSPS) is 19.6. The third-order valence-electron chi connectivity index (χ3n) is 3.26. The number of ether oxygens (including phenoxy) is 2. The van der Waals surface area contributed by atoms with Crippen molar-refractivity contribution >= 4 is 5.82 Å². The van der Waals surface area contributed by atoms with Crippen molar-refractivity contribution in [2.24, 2.45) is 0 Å². The zero-order chi connectivity index (χ0) is 12.8. The number of nitrogens with zero attached hydrogens (tertiary/aromatic N) is 3. The fourth-order valence-corrected chi connectivity index (χ4v) is 2.20. The van der Waals surface area contributed by atoms with Gasteiger partial charge in [0.2, 0.25) is 0 Å². The summed E-state index contributed by atoms with van der Waals surface area (Å²) in [6.07, 6.45) is 8.39. The predicted molar refractivity (Wildman–Crippen MR) is 70.1 cm³/mol. The first-order valence-corrected chi connectivity index (χ1v) is 6.49. The van der Waals surface area contributed by atoms with Crippen molar-refractivity contribution in [2.45, 2.75) is 31.8 Å². The lowest BCUT2D eigenvalue weighted by Crippen LogP contribution is -2.27. The van der Waals surface area contributed by atoms with Crippen LogP contribution in [0.25, 0.3) is 0 Å². The van der Waals surface area contributed by atoms with Crippen LogP contribution < -0.4 is 9.64 Å². The van der Waals surface area contributed by atoms with Crippen LogP contribution in [0, 0.1) is 0 Å². The Morgan fingerprint density at radius 2 is 2.22 bits per heavy atom. The van der Waals surface area contributed by atoms with E-state index in [4.69, 9.17) is 9.47 Å². The number of rotatable bonds is 5. The van der Waals surface area contributed by atoms with Crippen LogP contribution in [0.15, 0.2) is 12.4 Å². The molecule has 100 valence electrons. The van der Waals surface area contributed by atoms with Gasteiger partial charge >= 0.3 is 0 Å². The topological polar surface area (TPSA) is 47.5 Å². The first-order chi connectivity index (χ1) is 8.81. The van der Waals surface area contributed by atoms with Crippen molar-refractivity contribution in [3.63, 3.8) is 0 Å². The molecule has 0 N–H and O–H groups in total. The molecule has 0 spiro atoms. The summed E-state index contributed by atoms with van der Waals surface area (Å²) in [6.45, 7) is 1.81. The Kier molecular flexibility index (Phi) is 4.75. The molecule has 1 unspecified atom stereocenters. The number of anilines is 1. The molecular weight excluding hydrogens is 230 g/mol. The summed E-state index contributed by atoms with van der Waals surface area (Å²) >= 11 is 0. The van der Waals surface area contributed by atoms with Crippen LogP contribution in [0.3, 0.4) is 0 Å². The van der Waals surface area contributed by atoms with Gasteiger partial charge in [0, 0.05) is 32.6 Å². The van der Waals surface area contributed by atoms with Gasteiger partial charge in [-0.2, -0.15) is 0 Å². The number of methoxy groups -OCH3 is 1. The third-order valence-corrected chi connectivity index (χ3v) is 3.26. The maximum absolute atomic E-state index is 5.73. The highest BCUT2D eigenvalue weighted by molar-refractivity contribution is 5.46. The maximum Gasteiger partial charge on any atom is 0.257 e. The van der Waals surface area contributed by atoms with E-state index in [-0.39, 0.29) is 0 Å². The zero-order valence-electron chi connectivity index (χ0n) is 11.1. The lowest BCUT2D eigenvalue weighted by molar-refractivity contribution is 0.0126. The van der Waals surface area contributed by atoms with E-state index in [1.54, 1.807) is 19.5 Å². The van der Waals surface area contributed by atoms with E-state index in [2.05, 4.69) is 14.9 Å². The van der Waals surface area contributed by atoms with Crippen molar-refractivity contribution in [3.05, 3.63) is 12.4 Å². The molecule has 0 radical (unpaired) electrons. The summed E-state index contributed by atoms with van der Waals surface area (Å²) in [5.74, 6) is 1.36. The molecule has 1 aromatic heterocycles. The zero-order valence-corrected chi connectivity index (χ0v) is 11.1. The van der Waals surface area contributed by atoms with E-state index in [1.165, 1.54) is 19.3 Å². The monoisotopic (exact) mass is 251 g/mol. The molecule has 18 heavy (non-hydrogen) atoms. The largest absolute Gasteiger partial charge is 0.478 e. The molecule has 1 fully saturated rings. The maximum atomic E-state index is 5.73. The molecule has 1 aliphatic rings. The SMILES string of the molecule is COc1nccnc1N(C)CCC1CCCCO1. The van der Waals surface area contributed by atoms with Crippen molar-refractivity contribution in [1.29, 1.82) is 0 Å². The minimum absolute atomic E-state index is 0.392. The van der Waals surface area contributed by atoms with Gasteiger partial charge in [0.05, 0.1) is 13.2 Å². The van der Waals surface area contributed by atoms with Gasteiger partial charge in [-0.05, 0) is 25.7 Å². The molecule has 1 atom stereocenters. The molecule has 1 aromatic rings. The third kappa shape index (κ3) is 3.32. The van der Waals surface area contributed by atoms with E-state index in [1.807, 2.05) is 7.05 Å². The second kappa shape index (κ2) is 6.54. The Morgan fingerprint density at radius 1 is 1.39 bits per heavy atom. The number of hydrogen-bond acceptors (Lipinski definition) is 5. The Balaban J connectivity index is 1.88. The van der Waals surface area contributed by atoms with Crippen LogP contribution in [-0.2, 0) is 4.74 Å². The highest BCUT2D eigenvalue weighted by Crippen LogP contribution is 2.22. The Hall–Kier alpha value is -1.36. The van der Waals surface area contributed by atoms with Gasteiger partial charge in [0.25, 0.3) is 5.88 Å². The highest BCUT2D eigenvalue weighted by atomic mass is 16.5. The Morgan fingerprint density at radius 3 is 2.94 bits per heavy atom. The van der Waals surface area contributed by atoms with Crippen molar-refractivity contribution < 1.29 is 9.47 Å². The molecule has 1 aliphatic heterocycles. The molecule has 0 aromatic carbocycles. The van der Waals surface area contributed by atoms with Crippen LogP contribution in [0.2, 0.25) is 0 Å². The van der Waals surface area contributed by atoms with E-state index in [0.29, 0.717) is 12.0 Å². The smallest absolute Gasteiger partial charge is 0.257 e. The first kappa shape index (κ1) is 13.1. The van der Waals surface area contributed by atoms with E-state index < -0.39 is 0 Å². The van der Waals surface area contributed by atoms with Crippen LogP contribution >= 0.6 is 0 Å². The summed E-state index contributed by atoms with van der Waals surface area (Å²) in [6, 6.07) is 0. The average molecular weight is 251 g/mol. The van der Waals surface area contributed by atoms with Crippen molar-refractivity contribution in [3.8, 4) is 5.88 Å². The molecule has 0 amide bonds. The number of aromatic nitrogens is 2. The molecule has 0 aliphatic carbocycles. The quantitative estimate of drug-likeness (QED) is 0.799.